The van der Waals surface area contributed by atoms with E-state index in [1.54, 1.807) is 0 Å². The first-order chi connectivity index (χ1) is 10.1. The van der Waals surface area contributed by atoms with Gasteiger partial charge in [-0.05, 0) is 23.3 Å². The molecule has 0 saturated heterocycles. The van der Waals surface area contributed by atoms with E-state index in [4.69, 9.17) is 5.73 Å². The number of nitrogens with zero attached hydrogens (tertiary/aromatic N) is 1. The van der Waals surface area contributed by atoms with Crippen molar-refractivity contribution in [1.82, 2.24) is 0 Å². The largest absolute Gasteiger partial charge is 0.378 e. The van der Waals surface area contributed by atoms with E-state index in [1.807, 2.05) is 54.6 Å². The van der Waals surface area contributed by atoms with E-state index in [9.17, 15) is 4.79 Å². The van der Waals surface area contributed by atoms with Crippen molar-refractivity contribution < 1.29 is 4.79 Å². The molecule has 2 unspecified atom stereocenters. The second-order valence-electron chi connectivity index (χ2n) is 4.77. The molecule has 1 amide bonds. The van der Waals surface area contributed by atoms with E-state index in [2.05, 4.69) is 20.9 Å². The first-order valence-corrected chi connectivity index (χ1v) is 8.17. The lowest BCUT2D eigenvalue weighted by Crippen LogP contribution is -2.22. The monoisotopic (exact) mass is 360 g/mol. The average molecular weight is 361 g/mol. The number of thioether (sulfide) groups is 1. The fraction of sp³-hybridized carbons (Fsp3) is 0.125. The minimum Gasteiger partial charge on any atom is -0.378 e. The zero-order chi connectivity index (χ0) is 14.8. The number of hydrogen-bond acceptors (Lipinski definition) is 3. The minimum atomic E-state index is -0.298. The Hall–Kier alpha value is -1.59. The van der Waals surface area contributed by atoms with E-state index >= 15 is 0 Å². The molecule has 0 aromatic heterocycles. The Balaban J connectivity index is 2.04. The molecule has 3 rings (SSSR count). The number of carbonyl (C=O) groups excluding carboxylic acids is 1. The van der Waals surface area contributed by atoms with Crippen LogP contribution in [0.2, 0.25) is 0 Å². The summed E-state index contributed by atoms with van der Waals surface area (Å²) in [4.78, 5) is 16.0. The lowest BCUT2D eigenvalue weighted by molar-refractivity contribution is -0.117. The van der Waals surface area contributed by atoms with Crippen molar-refractivity contribution in [3.05, 3.63) is 70.2 Å². The topological polar surface area (TPSA) is 55.4 Å². The summed E-state index contributed by atoms with van der Waals surface area (Å²) in [5.74, 6) is -0.212. The van der Waals surface area contributed by atoms with Crippen LogP contribution in [0.15, 0.2) is 64.1 Å². The van der Waals surface area contributed by atoms with Gasteiger partial charge in [0.2, 0.25) is 0 Å². The van der Waals surface area contributed by atoms with Crippen LogP contribution in [0.5, 0.6) is 0 Å². The molecule has 0 aliphatic carbocycles. The summed E-state index contributed by atoms with van der Waals surface area (Å²) in [6.07, 6.45) is 0. The summed E-state index contributed by atoms with van der Waals surface area (Å²) in [6, 6.07) is 18.0. The van der Waals surface area contributed by atoms with Crippen LogP contribution in [0.3, 0.4) is 0 Å². The molecule has 5 heteroatoms. The van der Waals surface area contributed by atoms with Crippen LogP contribution >= 0.6 is 27.7 Å². The predicted molar refractivity (Wildman–Crippen MR) is 90.4 cm³/mol. The van der Waals surface area contributed by atoms with Crippen molar-refractivity contribution in [2.75, 3.05) is 0 Å². The van der Waals surface area contributed by atoms with E-state index in [1.165, 1.54) is 11.8 Å². The van der Waals surface area contributed by atoms with Gasteiger partial charge in [0.25, 0.3) is 5.91 Å². The number of aliphatic imine (C=N–C) groups is 1. The number of rotatable bonds is 3. The molecule has 0 saturated carbocycles. The fourth-order valence-corrected chi connectivity index (χ4v) is 3.73. The van der Waals surface area contributed by atoms with Gasteiger partial charge in [-0.1, -0.05) is 70.2 Å². The van der Waals surface area contributed by atoms with E-state index in [-0.39, 0.29) is 17.1 Å². The second kappa shape index (κ2) is 6.03. The third-order valence-electron chi connectivity index (χ3n) is 3.40. The quantitative estimate of drug-likeness (QED) is 0.910. The van der Waals surface area contributed by atoms with Gasteiger partial charge in [0.05, 0.1) is 0 Å². The Morgan fingerprint density at radius 2 is 1.67 bits per heavy atom. The summed E-state index contributed by atoms with van der Waals surface area (Å²) in [5, 5.41) is 0.0524. The Morgan fingerprint density at radius 3 is 2.24 bits per heavy atom. The summed E-state index contributed by atoms with van der Waals surface area (Å²) in [6.45, 7) is 0. The van der Waals surface area contributed by atoms with Crippen molar-refractivity contribution in [2.24, 2.45) is 10.7 Å². The molecule has 2 aromatic rings. The van der Waals surface area contributed by atoms with Gasteiger partial charge < -0.3 is 5.73 Å². The Labute approximate surface area is 135 Å². The number of hydrogen-bond donors (Lipinski definition) is 1. The third-order valence-corrected chi connectivity index (χ3v) is 4.99. The fourth-order valence-electron chi connectivity index (χ4n) is 2.46. The maximum absolute atomic E-state index is 12.1. The highest BCUT2D eigenvalue weighted by molar-refractivity contribution is 9.10. The van der Waals surface area contributed by atoms with Crippen LogP contribution in [0.25, 0.3) is 0 Å². The van der Waals surface area contributed by atoms with Crippen LogP contribution in [-0.2, 0) is 4.79 Å². The van der Waals surface area contributed by atoms with Crippen LogP contribution in [0.1, 0.15) is 17.0 Å². The summed E-state index contributed by atoms with van der Waals surface area (Å²) >= 11 is 4.78. The van der Waals surface area contributed by atoms with E-state index < -0.39 is 0 Å². The third kappa shape index (κ3) is 3.04. The summed E-state index contributed by atoms with van der Waals surface area (Å²) < 4.78 is 1.01. The van der Waals surface area contributed by atoms with Gasteiger partial charge in [0.1, 0.15) is 5.25 Å². The first kappa shape index (κ1) is 14.4. The van der Waals surface area contributed by atoms with Gasteiger partial charge >= 0.3 is 0 Å². The Bertz CT molecular complexity index is 685. The molecular weight excluding hydrogens is 348 g/mol. The Morgan fingerprint density at radius 1 is 1.05 bits per heavy atom. The standard InChI is InChI=1S/C16H13BrN2OS/c17-12-8-6-11(7-9-12)13(10-4-2-1-3-5-10)14-15(20)19-16(18)21-14/h1-9,13-14H,(H2,18,19,20). The molecule has 2 N–H and O–H groups in total. The number of carbonyl (C=O) groups is 1. The van der Waals surface area contributed by atoms with Crippen molar-refractivity contribution in [3.8, 4) is 0 Å². The minimum absolute atomic E-state index is 0.0541. The molecule has 0 radical (unpaired) electrons. The van der Waals surface area contributed by atoms with Gasteiger partial charge in [0.15, 0.2) is 5.17 Å². The molecule has 21 heavy (non-hydrogen) atoms. The number of benzene rings is 2. The molecule has 0 fully saturated rings. The van der Waals surface area contributed by atoms with Gasteiger partial charge in [0, 0.05) is 10.4 Å². The van der Waals surface area contributed by atoms with Crippen LogP contribution in [0, 0.1) is 0 Å². The molecule has 2 atom stereocenters. The van der Waals surface area contributed by atoms with Gasteiger partial charge in [-0.15, -0.1) is 0 Å². The zero-order valence-electron chi connectivity index (χ0n) is 11.1. The van der Waals surface area contributed by atoms with Crippen molar-refractivity contribution >= 4 is 38.8 Å². The normalized spacial score (nSPS) is 19.4. The molecule has 1 aliphatic heterocycles. The molecule has 1 heterocycles. The maximum Gasteiger partial charge on any atom is 0.262 e. The van der Waals surface area contributed by atoms with E-state index in [0.717, 1.165) is 15.6 Å². The van der Waals surface area contributed by atoms with Gasteiger partial charge in [-0.25, -0.2) is 0 Å². The molecule has 1 aliphatic rings. The molecular formula is C16H13BrN2OS. The SMILES string of the molecule is NC1=NC(=O)C(C(c2ccccc2)c2ccc(Br)cc2)S1. The second-order valence-corrected chi connectivity index (χ2v) is 6.84. The van der Waals surface area contributed by atoms with Crippen molar-refractivity contribution in [3.63, 3.8) is 0 Å². The molecule has 2 aromatic carbocycles. The number of amides is 1. The number of nitrogens with two attached hydrogens (primary N) is 1. The summed E-state index contributed by atoms with van der Waals surface area (Å²) in [5.41, 5.74) is 7.89. The molecule has 0 bridgehead atoms. The Kier molecular flexibility index (Phi) is 4.12. The lowest BCUT2D eigenvalue weighted by Gasteiger charge is -2.22. The number of halogens is 1. The molecule has 106 valence electrons. The van der Waals surface area contributed by atoms with Crippen molar-refractivity contribution in [2.45, 2.75) is 11.2 Å². The highest BCUT2D eigenvalue weighted by Crippen LogP contribution is 2.38. The van der Waals surface area contributed by atoms with Crippen LogP contribution in [0.4, 0.5) is 0 Å². The van der Waals surface area contributed by atoms with E-state index in [0.29, 0.717) is 5.17 Å². The zero-order valence-corrected chi connectivity index (χ0v) is 13.5. The highest BCUT2D eigenvalue weighted by Gasteiger charge is 2.36. The van der Waals surface area contributed by atoms with Crippen LogP contribution < -0.4 is 5.73 Å². The van der Waals surface area contributed by atoms with Crippen LogP contribution in [-0.4, -0.2) is 16.3 Å². The summed E-state index contributed by atoms with van der Waals surface area (Å²) in [7, 11) is 0. The maximum atomic E-state index is 12.1. The average Bonchev–Trinajstić information content (AvgIpc) is 2.81. The van der Waals surface area contributed by atoms with Crippen molar-refractivity contribution in [1.29, 1.82) is 0 Å². The van der Waals surface area contributed by atoms with Gasteiger partial charge in [-0.2, -0.15) is 4.99 Å². The van der Waals surface area contributed by atoms with Gasteiger partial charge in [-0.3, -0.25) is 4.79 Å². The molecule has 0 spiro atoms. The predicted octanol–water partition coefficient (Wildman–Crippen LogP) is 3.54. The smallest absolute Gasteiger partial charge is 0.262 e. The number of amidine groups is 1. The molecule has 3 nitrogen and oxygen atoms in total. The first-order valence-electron chi connectivity index (χ1n) is 6.50. The lowest BCUT2D eigenvalue weighted by atomic mass is 9.88. The highest BCUT2D eigenvalue weighted by atomic mass is 79.9.